The zero-order valence-electron chi connectivity index (χ0n) is 9.59. The van der Waals surface area contributed by atoms with Crippen molar-refractivity contribution in [2.24, 2.45) is 11.8 Å². The van der Waals surface area contributed by atoms with E-state index in [0.29, 0.717) is 5.92 Å². The van der Waals surface area contributed by atoms with Crippen molar-refractivity contribution in [1.29, 1.82) is 0 Å². The molecule has 1 saturated heterocycles. The number of hydrogen-bond acceptors (Lipinski definition) is 3. The molecule has 2 atom stereocenters. The molecular formula is C11H21NO2. The van der Waals surface area contributed by atoms with E-state index in [0.717, 1.165) is 19.5 Å². The first kappa shape index (κ1) is 11.5. The second-order valence-electron chi connectivity index (χ2n) is 5.11. The van der Waals surface area contributed by atoms with Gasteiger partial charge in [0.05, 0.1) is 5.92 Å². The topological polar surface area (TPSA) is 38.3 Å². The molecular weight excluding hydrogens is 178 g/mol. The Balaban J connectivity index is 2.50. The first-order chi connectivity index (χ1) is 6.40. The van der Waals surface area contributed by atoms with Crippen molar-refractivity contribution in [3.63, 3.8) is 0 Å². The number of nitrogens with one attached hydrogen (secondary N) is 1. The zero-order chi connectivity index (χ0) is 10.8. The van der Waals surface area contributed by atoms with Crippen molar-refractivity contribution in [3.8, 4) is 0 Å². The van der Waals surface area contributed by atoms with Crippen LogP contribution in [0.4, 0.5) is 0 Å². The summed E-state index contributed by atoms with van der Waals surface area (Å²) >= 11 is 0. The fourth-order valence-corrected chi connectivity index (χ4v) is 1.74. The zero-order valence-corrected chi connectivity index (χ0v) is 9.59. The Morgan fingerprint density at radius 2 is 2.07 bits per heavy atom. The highest BCUT2D eigenvalue weighted by molar-refractivity contribution is 5.73. The van der Waals surface area contributed by atoms with Gasteiger partial charge in [-0.1, -0.05) is 6.92 Å². The molecule has 1 rings (SSSR count). The SMILES string of the molecule is C[C@H]1CNCC[C@@H]1C(=O)OC(C)(C)C. The molecule has 0 bridgehead atoms. The molecule has 1 N–H and O–H groups in total. The minimum absolute atomic E-state index is 0.0356. The molecule has 14 heavy (non-hydrogen) atoms. The Labute approximate surface area is 86.2 Å². The maximum Gasteiger partial charge on any atom is 0.309 e. The maximum absolute atomic E-state index is 11.8. The number of esters is 1. The summed E-state index contributed by atoms with van der Waals surface area (Å²) in [5.41, 5.74) is -0.359. The summed E-state index contributed by atoms with van der Waals surface area (Å²) in [5.74, 6) is 0.431. The summed E-state index contributed by atoms with van der Waals surface area (Å²) in [7, 11) is 0. The lowest BCUT2D eigenvalue weighted by Crippen LogP contribution is -2.41. The van der Waals surface area contributed by atoms with Gasteiger partial charge in [-0.2, -0.15) is 0 Å². The van der Waals surface area contributed by atoms with Crippen LogP contribution < -0.4 is 5.32 Å². The molecule has 1 heterocycles. The second-order valence-corrected chi connectivity index (χ2v) is 5.11. The van der Waals surface area contributed by atoms with E-state index in [-0.39, 0.29) is 17.5 Å². The summed E-state index contributed by atoms with van der Waals surface area (Å²) in [4.78, 5) is 11.8. The summed E-state index contributed by atoms with van der Waals surface area (Å²) < 4.78 is 5.38. The van der Waals surface area contributed by atoms with Crippen molar-refractivity contribution >= 4 is 5.97 Å². The molecule has 0 amide bonds. The molecule has 0 spiro atoms. The molecule has 0 aromatic heterocycles. The van der Waals surface area contributed by atoms with Gasteiger partial charge in [-0.25, -0.2) is 0 Å². The third-order valence-electron chi connectivity index (χ3n) is 2.49. The standard InChI is InChI=1S/C11H21NO2/c1-8-7-12-6-5-9(8)10(13)14-11(2,3)4/h8-9,12H,5-7H2,1-4H3/t8-,9-/m0/s1. The van der Waals surface area contributed by atoms with Gasteiger partial charge in [0.25, 0.3) is 0 Å². The first-order valence-electron chi connectivity index (χ1n) is 5.34. The lowest BCUT2D eigenvalue weighted by molar-refractivity contribution is -0.162. The number of hydrogen-bond donors (Lipinski definition) is 1. The summed E-state index contributed by atoms with van der Waals surface area (Å²) in [6.45, 7) is 9.68. The molecule has 1 aliphatic rings. The van der Waals surface area contributed by atoms with Crippen LogP contribution in [-0.4, -0.2) is 24.7 Å². The van der Waals surface area contributed by atoms with Crippen molar-refractivity contribution < 1.29 is 9.53 Å². The summed E-state index contributed by atoms with van der Waals surface area (Å²) in [6.07, 6.45) is 0.899. The Hall–Kier alpha value is -0.570. The number of carbonyl (C=O) groups excluding carboxylic acids is 1. The van der Waals surface area contributed by atoms with Crippen LogP contribution in [0.15, 0.2) is 0 Å². The molecule has 0 aromatic rings. The van der Waals surface area contributed by atoms with Gasteiger partial charge in [0.15, 0.2) is 0 Å². The van der Waals surface area contributed by atoms with Crippen LogP contribution in [-0.2, 0) is 9.53 Å². The number of carbonyl (C=O) groups is 1. The average Bonchev–Trinajstić information content (AvgIpc) is 2.01. The number of ether oxygens (including phenoxy) is 1. The van der Waals surface area contributed by atoms with Crippen LogP contribution in [0, 0.1) is 11.8 Å². The predicted octanol–water partition coefficient (Wildman–Crippen LogP) is 1.57. The van der Waals surface area contributed by atoms with Gasteiger partial charge >= 0.3 is 5.97 Å². The highest BCUT2D eigenvalue weighted by Gasteiger charge is 2.31. The molecule has 3 nitrogen and oxygen atoms in total. The lowest BCUT2D eigenvalue weighted by atomic mass is 9.88. The van der Waals surface area contributed by atoms with E-state index in [1.165, 1.54) is 0 Å². The van der Waals surface area contributed by atoms with Gasteiger partial charge in [-0.05, 0) is 46.2 Å². The number of piperidine rings is 1. The van der Waals surface area contributed by atoms with Gasteiger partial charge in [0.2, 0.25) is 0 Å². The molecule has 3 heteroatoms. The summed E-state index contributed by atoms with van der Waals surface area (Å²) in [6, 6.07) is 0. The Bertz CT molecular complexity index is 208. The number of rotatable bonds is 1. The van der Waals surface area contributed by atoms with Crippen LogP contribution in [0.3, 0.4) is 0 Å². The molecule has 0 unspecified atom stereocenters. The third kappa shape index (κ3) is 3.29. The van der Waals surface area contributed by atoms with E-state index in [1.807, 2.05) is 20.8 Å². The van der Waals surface area contributed by atoms with Gasteiger partial charge in [-0.3, -0.25) is 4.79 Å². The lowest BCUT2D eigenvalue weighted by Gasteiger charge is -2.30. The van der Waals surface area contributed by atoms with E-state index in [9.17, 15) is 4.79 Å². The van der Waals surface area contributed by atoms with Gasteiger partial charge < -0.3 is 10.1 Å². The van der Waals surface area contributed by atoms with E-state index < -0.39 is 0 Å². The molecule has 0 radical (unpaired) electrons. The third-order valence-corrected chi connectivity index (χ3v) is 2.49. The largest absolute Gasteiger partial charge is 0.460 e. The normalized spacial score (nSPS) is 28.6. The van der Waals surface area contributed by atoms with Gasteiger partial charge in [0, 0.05) is 0 Å². The molecule has 0 saturated carbocycles. The van der Waals surface area contributed by atoms with Crippen molar-refractivity contribution in [2.75, 3.05) is 13.1 Å². The minimum Gasteiger partial charge on any atom is -0.460 e. The van der Waals surface area contributed by atoms with Crippen LogP contribution in [0.5, 0.6) is 0 Å². The van der Waals surface area contributed by atoms with E-state index in [2.05, 4.69) is 12.2 Å². The molecule has 82 valence electrons. The quantitative estimate of drug-likeness (QED) is 0.651. The van der Waals surface area contributed by atoms with Gasteiger partial charge in [-0.15, -0.1) is 0 Å². The first-order valence-corrected chi connectivity index (χ1v) is 5.34. The van der Waals surface area contributed by atoms with Crippen molar-refractivity contribution in [3.05, 3.63) is 0 Å². The summed E-state index contributed by atoms with van der Waals surface area (Å²) in [5, 5.41) is 3.27. The van der Waals surface area contributed by atoms with Gasteiger partial charge in [0.1, 0.15) is 5.60 Å². The molecule has 0 aliphatic carbocycles. The van der Waals surface area contributed by atoms with E-state index in [4.69, 9.17) is 4.74 Å². The van der Waals surface area contributed by atoms with Crippen LogP contribution >= 0.6 is 0 Å². The van der Waals surface area contributed by atoms with Crippen molar-refractivity contribution in [2.45, 2.75) is 39.7 Å². The van der Waals surface area contributed by atoms with Crippen LogP contribution in [0.2, 0.25) is 0 Å². The Kier molecular flexibility index (Phi) is 3.53. The Morgan fingerprint density at radius 1 is 1.43 bits per heavy atom. The van der Waals surface area contributed by atoms with Crippen molar-refractivity contribution in [1.82, 2.24) is 5.32 Å². The highest BCUT2D eigenvalue weighted by atomic mass is 16.6. The van der Waals surface area contributed by atoms with Crippen LogP contribution in [0.1, 0.15) is 34.1 Å². The van der Waals surface area contributed by atoms with E-state index >= 15 is 0 Å². The fourth-order valence-electron chi connectivity index (χ4n) is 1.74. The second kappa shape index (κ2) is 4.30. The molecule has 0 aromatic carbocycles. The predicted molar refractivity (Wildman–Crippen MR) is 56.0 cm³/mol. The molecule has 1 fully saturated rings. The molecule has 1 aliphatic heterocycles. The fraction of sp³-hybridized carbons (Fsp3) is 0.909. The highest BCUT2D eigenvalue weighted by Crippen LogP contribution is 2.22. The maximum atomic E-state index is 11.8. The average molecular weight is 199 g/mol. The Morgan fingerprint density at radius 3 is 2.57 bits per heavy atom. The van der Waals surface area contributed by atoms with Crippen LogP contribution in [0.25, 0.3) is 0 Å². The minimum atomic E-state index is -0.359. The van der Waals surface area contributed by atoms with E-state index in [1.54, 1.807) is 0 Å². The smallest absolute Gasteiger partial charge is 0.309 e. The monoisotopic (exact) mass is 199 g/mol.